The topological polar surface area (TPSA) is 76.1 Å². The third-order valence-electron chi connectivity index (χ3n) is 2.69. The number of hydrogen-bond acceptors (Lipinski definition) is 4. The number of unbranched alkanes of at least 4 members (excludes halogenated alkanes) is 1. The van der Waals surface area contributed by atoms with E-state index in [2.05, 4.69) is 0 Å². The molecule has 0 radical (unpaired) electrons. The Hall–Kier alpha value is -1.30. The molecular weight excluding hydrogens is 226 g/mol. The van der Waals surface area contributed by atoms with Gasteiger partial charge in [0.1, 0.15) is 5.72 Å². The van der Waals surface area contributed by atoms with E-state index in [-0.39, 0.29) is 6.61 Å². The average Bonchev–Trinajstić information content (AvgIpc) is 2.54. The highest BCUT2D eigenvalue weighted by Crippen LogP contribution is 2.28. The van der Waals surface area contributed by atoms with Crippen LogP contribution in [-0.2, 0) is 14.3 Å². The first-order valence-corrected chi connectivity index (χ1v) is 5.73. The van der Waals surface area contributed by atoms with Crippen LogP contribution >= 0.6 is 0 Å². The van der Waals surface area contributed by atoms with E-state index in [4.69, 9.17) is 14.6 Å². The monoisotopic (exact) mass is 245 g/mol. The number of ether oxygens (including phenoxy) is 2. The second kappa shape index (κ2) is 5.35. The molecule has 0 aromatic carbocycles. The number of amides is 1. The molecule has 6 heteroatoms. The van der Waals surface area contributed by atoms with Gasteiger partial charge < -0.3 is 14.6 Å². The normalized spacial score (nSPS) is 22.5. The molecule has 0 aliphatic carbocycles. The van der Waals surface area contributed by atoms with Crippen LogP contribution < -0.4 is 0 Å². The van der Waals surface area contributed by atoms with Gasteiger partial charge >= 0.3 is 12.1 Å². The van der Waals surface area contributed by atoms with Crippen LogP contribution in [0.25, 0.3) is 0 Å². The second-order valence-electron chi connectivity index (χ2n) is 4.45. The number of carbonyl (C=O) groups is 2. The SMILES string of the molecule is CCCCOC(=O)N1[C@H](C(=O)O)COC1(C)C. The van der Waals surface area contributed by atoms with Crippen molar-refractivity contribution in [1.82, 2.24) is 4.90 Å². The van der Waals surface area contributed by atoms with Gasteiger partial charge in [-0.3, -0.25) is 4.90 Å². The smallest absolute Gasteiger partial charge is 0.412 e. The summed E-state index contributed by atoms with van der Waals surface area (Å²) in [5.74, 6) is -1.08. The Balaban J connectivity index is 2.69. The highest BCUT2D eigenvalue weighted by Gasteiger charge is 2.48. The number of hydrogen-bond donors (Lipinski definition) is 1. The van der Waals surface area contributed by atoms with E-state index < -0.39 is 23.8 Å². The summed E-state index contributed by atoms with van der Waals surface area (Å²) in [7, 11) is 0. The molecule has 1 atom stereocenters. The van der Waals surface area contributed by atoms with Crippen LogP contribution in [-0.4, -0.2) is 47.0 Å². The molecule has 0 saturated carbocycles. The zero-order valence-corrected chi connectivity index (χ0v) is 10.4. The first kappa shape index (κ1) is 13.8. The Morgan fingerprint density at radius 2 is 2.18 bits per heavy atom. The number of nitrogens with zero attached hydrogens (tertiary/aromatic N) is 1. The zero-order valence-electron chi connectivity index (χ0n) is 10.4. The van der Waals surface area contributed by atoms with Gasteiger partial charge in [0, 0.05) is 0 Å². The predicted octanol–water partition coefficient (Wildman–Crippen LogP) is 1.44. The Kier molecular flexibility index (Phi) is 4.34. The maximum atomic E-state index is 11.8. The lowest BCUT2D eigenvalue weighted by Crippen LogP contribution is -2.50. The molecule has 1 aliphatic heterocycles. The van der Waals surface area contributed by atoms with E-state index in [1.807, 2.05) is 6.92 Å². The highest BCUT2D eigenvalue weighted by atomic mass is 16.6. The van der Waals surface area contributed by atoms with Crippen LogP contribution in [0.3, 0.4) is 0 Å². The zero-order chi connectivity index (χ0) is 13.1. The molecule has 0 spiro atoms. The van der Waals surface area contributed by atoms with Crippen molar-refractivity contribution >= 4 is 12.1 Å². The van der Waals surface area contributed by atoms with Gasteiger partial charge in [0.2, 0.25) is 0 Å². The number of aliphatic carboxylic acids is 1. The average molecular weight is 245 g/mol. The van der Waals surface area contributed by atoms with Gasteiger partial charge in [0.05, 0.1) is 13.2 Å². The number of rotatable bonds is 4. The fraction of sp³-hybridized carbons (Fsp3) is 0.818. The minimum absolute atomic E-state index is 0.00872. The van der Waals surface area contributed by atoms with Gasteiger partial charge in [0.15, 0.2) is 6.04 Å². The lowest BCUT2D eigenvalue weighted by molar-refractivity contribution is -0.142. The first-order chi connectivity index (χ1) is 7.90. The summed E-state index contributed by atoms with van der Waals surface area (Å²) in [5, 5.41) is 9.01. The Morgan fingerprint density at radius 1 is 1.53 bits per heavy atom. The molecule has 1 heterocycles. The van der Waals surface area contributed by atoms with Crippen molar-refractivity contribution in [3.05, 3.63) is 0 Å². The number of carboxylic acids is 1. The molecule has 1 N–H and O–H groups in total. The van der Waals surface area contributed by atoms with Crippen LogP contribution in [0.1, 0.15) is 33.6 Å². The standard InChI is InChI=1S/C11H19NO5/c1-4-5-6-16-10(15)12-8(9(13)14)7-17-11(12,2)3/h8H,4-7H2,1-3H3,(H,13,14)/t8-/m0/s1. The first-order valence-electron chi connectivity index (χ1n) is 5.73. The summed E-state index contributed by atoms with van der Waals surface area (Å²) in [6.45, 7) is 5.57. The minimum atomic E-state index is -1.08. The third kappa shape index (κ3) is 3.09. The van der Waals surface area contributed by atoms with Gasteiger partial charge in [-0.2, -0.15) is 0 Å². The second-order valence-corrected chi connectivity index (χ2v) is 4.45. The summed E-state index contributed by atoms with van der Waals surface area (Å²) < 4.78 is 10.3. The molecular formula is C11H19NO5. The molecule has 1 amide bonds. The highest BCUT2D eigenvalue weighted by molar-refractivity contribution is 5.81. The van der Waals surface area contributed by atoms with E-state index in [1.54, 1.807) is 13.8 Å². The fourth-order valence-electron chi connectivity index (χ4n) is 1.70. The lowest BCUT2D eigenvalue weighted by atomic mass is 10.2. The quantitative estimate of drug-likeness (QED) is 0.758. The molecule has 1 saturated heterocycles. The van der Waals surface area contributed by atoms with Crippen LogP contribution in [0.5, 0.6) is 0 Å². The molecule has 17 heavy (non-hydrogen) atoms. The van der Waals surface area contributed by atoms with E-state index >= 15 is 0 Å². The third-order valence-corrected chi connectivity index (χ3v) is 2.69. The molecule has 6 nitrogen and oxygen atoms in total. The van der Waals surface area contributed by atoms with E-state index in [1.165, 1.54) is 0 Å². The molecule has 0 unspecified atom stereocenters. The molecule has 0 aromatic rings. The number of carbonyl (C=O) groups excluding carboxylic acids is 1. The molecule has 1 aliphatic rings. The van der Waals surface area contributed by atoms with Gasteiger partial charge in [0.25, 0.3) is 0 Å². The summed E-state index contributed by atoms with van der Waals surface area (Å²) >= 11 is 0. The molecule has 98 valence electrons. The number of carboxylic acid groups (broad SMARTS) is 1. The van der Waals surface area contributed by atoms with Crippen molar-refractivity contribution in [1.29, 1.82) is 0 Å². The molecule has 1 rings (SSSR count). The summed E-state index contributed by atoms with van der Waals surface area (Å²) in [6.07, 6.45) is 1.04. The summed E-state index contributed by atoms with van der Waals surface area (Å²) in [5.41, 5.74) is -0.938. The van der Waals surface area contributed by atoms with Crippen LogP contribution in [0.2, 0.25) is 0 Å². The Labute approximate surface area is 100 Å². The Morgan fingerprint density at radius 3 is 2.71 bits per heavy atom. The molecule has 0 aromatic heterocycles. The van der Waals surface area contributed by atoms with Crippen molar-refractivity contribution in [2.24, 2.45) is 0 Å². The maximum absolute atomic E-state index is 11.8. The van der Waals surface area contributed by atoms with E-state index in [0.29, 0.717) is 6.61 Å². The Bertz CT molecular complexity index is 302. The van der Waals surface area contributed by atoms with Crippen molar-refractivity contribution in [3.8, 4) is 0 Å². The molecule has 1 fully saturated rings. The summed E-state index contributed by atoms with van der Waals surface area (Å²) in [4.78, 5) is 24.0. The van der Waals surface area contributed by atoms with Crippen LogP contribution in [0, 0.1) is 0 Å². The van der Waals surface area contributed by atoms with Gasteiger partial charge in [-0.1, -0.05) is 13.3 Å². The molecule has 0 bridgehead atoms. The minimum Gasteiger partial charge on any atom is -0.480 e. The van der Waals surface area contributed by atoms with E-state index in [9.17, 15) is 9.59 Å². The van der Waals surface area contributed by atoms with Gasteiger partial charge in [-0.05, 0) is 20.3 Å². The van der Waals surface area contributed by atoms with Crippen LogP contribution in [0.4, 0.5) is 4.79 Å². The van der Waals surface area contributed by atoms with Crippen LogP contribution in [0.15, 0.2) is 0 Å². The summed E-state index contributed by atoms with van der Waals surface area (Å²) in [6, 6.07) is -0.973. The van der Waals surface area contributed by atoms with Gasteiger partial charge in [-0.15, -0.1) is 0 Å². The largest absolute Gasteiger partial charge is 0.480 e. The fourth-order valence-corrected chi connectivity index (χ4v) is 1.70. The van der Waals surface area contributed by atoms with Gasteiger partial charge in [-0.25, -0.2) is 9.59 Å². The van der Waals surface area contributed by atoms with Crippen molar-refractivity contribution in [2.45, 2.75) is 45.4 Å². The lowest BCUT2D eigenvalue weighted by Gasteiger charge is -2.31. The van der Waals surface area contributed by atoms with E-state index in [0.717, 1.165) is 17.7 Å². The van der Waals surface area contributed by atoms with Crippen molar-refractivity contribution < 1.29 is 24.2 Å². The van der Waals surface area contributed by atoms with Crippen molar-refractivity contribution in [2.75, 3.05) is 13.2 Å². The maximum Gasteiger partial charge on any atom is 0.412 e. The van der Waals surface area contributed by atoms with Crippen molar-refractivity contribution in [3.63, 3.8) is 0 Å². The predicted molar refractivity (Wildman–Crippen MR) is 59.5 cm³/mol.